The fraction of sp³-hybridized carbons (Fsp3) is 1.00. The van der Waals surface area contributed by atoms with Crippen LogP contribution in [0.15, 0.2) is 0 Å². The first kappa shape index (κ1) is 10.4. The highest BCUT2D eigenvalue weighted by Gasteiger charge is 1.96. The number of rotatable bonds is 6. The minimum Gasteiger partial charge on any atom is -0.314 e. The van der Waals surface area contributed by atoms with E-state index in [1.807, 2.05) is 0 Å². The van der Waals surface area contributed by atoms with E-state index in [9.17, 15) is 0 Å². The number of hydrogen-bond acceptors (Lipinski definition) is 1. The Bertz CT molecular complexity index is 66.3. The van der Waals surface area contributed by atoms with Crippen LogP contribution < -0.4 is 5.32 Å². The van der Waals surface area contributed by atoms with Gasteiger partial charge in [0.25, 0.3) is 0 Å². The molecule has 0 aromatic rings. The Morgan fingerprint density at radius 3 is 2.70 bits per heavy atom. The number of nitrogens with one attached hydrogen (secondary N) is 1. The molecule has 0 fully saturated rings. The topological polar surface area (TPSA) is 12.0 Å². The third-order valence-electron chi connectivity index (χ3n) is 1.52. The van der Waals surface area contributed by atoms with Gasteiger partial charge in [0.2, 0.25) is 0 Å². The van der Waals surface area contributed by atoms with Crippen LogP contribution in [0.4, 0.5) is 0 Å². The molecule has 0 aliphatic rings. The summed E-state index contributed by atoms with van der Waals surface area (Å²) in [7, 11) is 0. The number of hydrogen-bond donors (Lipinski definition) is 1. The van der Waals surface area contributed by atoms with E-state index in [-0.39, 0.29) is 0 Å². The van der Waals surface area contributed by atoms with Crippen LogP contribution in [0.1, 0.15) is 33.1 Å². The average molecular weight is 208 g/mol. The zero-order chi connectivity index (χ0) is 7.82. The third-order valence-corrected chi connectivity index (χ3v) is 2.09. The van der Waals surface area contributed by atoms with Crippen molar-refractivity contribution in [2.45, 2.75) is 39.2 Å². The molecule has 0 spiro atoms. The SMILES string of the molecule is CCCC(C)NCCCBr. The van der Waals surface area contributed by atoms with Crippen LogP contribution in [0.25, 0.3) is 0 Å². The Balaban J connectivity index is 2.97. The zero-order valence-corrected chi connectivity index (χ0v) is 8.58. The second-order valence-corrected chi connectivity index (χ2v) is 3.48. The molecule has 1 N–H and O–H groups in total. The molecular weight excluding hydrogens is 190 g/mol. The lowest BCUT2D eigenvalue weighted by molar-refractivity contribution is 0.510. The van der Waals surface area contributed by atoms with Crippen molar-refractivity contribution in [1.82, 2.24) is 5.32 Å². The van der Waals surface area contributed by atoms with Gasteiger partial charge in [-0.25, -0.2) is 0 Å². The van der Waals surface area contributed by atoms with E-state index in [4.69, 9.17) is 0 Å². The number of alkyl halides is 1. The molecule has 0 amide bonds. The van der Waals surface area contributed by atoms with Crippen molar-refractivity contribution < 1.29 is 0 Å². The van der Waals surface area contributed by atoms with Crippen molar-refractivity contribution >= 4 is 15.9 Å². The van der Waals surface area contributed by atoms with Gasteiger partial charge in [-0.05, 0) is 26.3 Å². The second-order valence-electron chi connectivity index (χ2n) is 2.69. The van der Waals surface area contributed by atoms with Gasteiger partial charge in [0.15, 0.2) is 0 Å². The van der Waals surface area contributed by atoms with Gasteiger partial charge in [0, 0.05) is 11.4 Å². The molecule has 1 nitrogen and oxygen atoms in total. The quantitative estimate of drug-likeness (QED) is 0.522. The Morgan fingerprint density at radius 1 is 1.50 bits per heavy atom. The molecule has 1 atom stereocenters. The van der Waals surface area contributed by atoms with E-state index in [1.165, 1.54) is 19.3 Å². The standard InChI is InChI=1S/C8H18BrN/c1-3-5-8(2)10-7-4-6-9/h8,10H,3-7H2,1-2H3. The Labute approximate surface area is 72.7 Å². The average Bonchev–Trinajstić information content (AvgIpc) is 1.89. The predicted molar refractivity (Wildman–Crippen MR) is 50.8 cm³/mol. The van der Waals surface area contributed by atoms with E-state index in [2.05, 4.69) is 35.1 Å². The minimum absolute atomic E-state index is 0.698. The highest BCUT2D eigenvalue weighted by atomic mass is 79.9. The van der Waals surface area contributed by atoms with Crippen molar-refractivity contribution in [2.24, 2.45) is 0 Å². The largest absolute Gasteiger partial charge is 0.314 e. The molecule has 62 valence electrons. The monoisotopic (exact) mass is 207 g/mol. The van der Waals surface area contributed by atoms with Crippen molar-refractivity contribution in [3.63, 3.8) is 0 Å². The first-order valence-electron chi connectivity index (χ1n) is 4.10. The normalized spacial score (nSPS) is 13.5. The van der Waals surface area contributed by atoms with Crippen LogP contribution in [0, 0.1) is 0 Å². The summed E-state index contributed by atoms with van der Waals surface area (Å²) in [6.07, 6.45) is 3.80. The summed E-state index contributed by atoms with van der Waals surface area (Å²) in [5, 5.41) is 4.56. The van der Waals surface area contributed by atoms with Gasteiger partial charge in [-0.2, -0.15) is 0 Å². The summed E-state index contributed by atoms with van der Waals surface area (Å²) in [6.45, 7) is 5.62. The van der Waals surface area contributed by atoms with E-state index >= 15 is 0 Å². The Morgan fingerprint density at radius 2 is 2.20 bits per heavy atom. The maximum absolute atomic E-state index is 3.45. The fourth-order valence-corrected chi connectivity index (χ4v) is 1.23. The summed E-state index contributed by atoms with van der Waals surface area (Å²) in [5.74, 6) is 0. The lowest BCUT2D eigenvalue weighted by Gasteiger charge is -2.10. The van der Waals surface area contributed by atoms with Gasteiger partial charge in [-0.3, -0.25) is 0 Å². The van der Waals surface area contributed by atoms with Crippen molar-refractivity contribution in [2.75, 3.05) is 11.9 Å². The van der Waals surface area contributed by atoms with Crippen LogP contribution in [0.2, 0.25) is 0 Å². The summed E-state index contributed by atoms with van der Waals surface area (Å²) < 4.78 is 0. The molecule has 0 saturated heterocycles. The lowest BCUT2D eigenvalue weighted by atomic mass is 10.2. The molecule has 0 radical (unpaired) electrons. The van der Waals surface area contributed by atoms with Crippen LogP contribution in [0.5, 0.6) is 0 Å². The molecule has 0 bridgehead atoms. The maximum atomic E-state index is 3.45. The summed E-state index contributed by atoms with van der Waals surface area (Å²) in [6, 6.07) is 0.698. The lowest BCUT2D eigenvalue weighted by Crippen LogP contribution is -2.26. The molecule has 0 aliphatic heterocycles. The van der Waals surface area contributed by atoms with Gasteiger partial charge in [0.05, 0.1) is 0 Å². The van der Waals surface area contributed by atoms with Gasteiger partial charge >= 0.3 is 0 Å². The molecule has 10 heavy (non-hydrogen) atoms. The Kier molecular flexibility index (Phi) is 7.88. The van der Waals surface area contributed by atoms with Crippen LogP contribution in [-0.2, 0) is 0 Å². The molecular formula is C8H18BrN. The van der Waals surface area contributed by atoms with Crippen molar-refractivity contribution in [3.8, 4) is 0 Å². The highest BCUT2D eigenvalue weighted by molar-refractivity contribution is 9.09. The third kappa shape index (κ3) is 6.56. The molecule has 0 aromatic carbocycles. The number of halogens is 1. The summed E-state index contributed by atoms with van der Waals surface area (Å²) in [5.41, 5.74) is 0. The minimum atomic E-state index is 0.698. The van der Waals surface area contributed by atoms with E-state index in [1.54, 1.807) is 0 Å². The summed E-state index contributed by atoms with van der Waals surface area (Å²) in [4.78, 5) is 0. The maximum Gasteiger partial charge on any atom is 0.00433 e. The van der Waals surface area contributed by atoms with Crippen LogP contribution in [0.3, 0.4) is 0 Å². The predicted octanol–water partition coefficient (Wildman–Crippen LogP) is 2.55. The Hall–Kier alpha value is 0.440. The molecule has 2 heteroatoms. The second kappa shape index (κ2) is 7.55. The fourth-order valence-electron chi connectivity index (χ4n) is 0.950. The van der Waals surface area contributed by atoms with Crippen molar-refractivity contribution in [1.29, 1.82) is 0 Å². The first-order valence-corrected chi connectivity index (χ1v) is 5.22. The molecule has 0 aliphatic carbocycles. The van der Waals surface area contributed by atoms with E-state index in [0.717, 1.165) is 11.9 Å². The van der Waals surface area contributed by atoms with E-state index in [0.29, 0.717) is 6.04 Å². The zero-order valence-electron chi connectivity index (χ0n) is 6.99. The van der Waals surface area contributed by atoms with Crippen LogP contribution in [-0.4, -0.2) is 17.9 Å². The smallest absolute Gasteiger partial charge is 0.00433 e. The van der Waals surface area contributed by atoms with Crippen LogP contribution >= 0.6 is 15.9 Å². The molecule has 0 saturated carbocycles. The van der Waals surface area contributed by atoms with Gasteiger partial charge in [0.1, 0.15) is 0 Å². The molecule has 0 rings (SSSR count). The first-order chi connectivity index (χ1) is 4.81. The van der Waals surface area contributed by atoms with Gasteiger partial charge < -0.3 is 5.32 Å². The summed E-state index contributed by atoms with van der Waals surface area (Å²) >= 11 is 3.40. The van der Waals surface area contributed by atoms with Crippen molar-refractivity contribution in [3.05, 3.63) is 0 Å². The van der Waals surface area contributed by atoms with Gasteiger partial charge in [-0.1, -0.05) is 29.3 Å². The molecule has 1 unspecified atom stereocenters. The van der Waals surface area contributed by atoms with E-state index < -0.39 is 0 Å². The van der Waals surface area contributed by atoms with Gasteiger partial charge in [-0.15, -0.1) is 0 Å². The molecule has 0 heterocycles. The molecule has 0 aromatic heterocycles. The highest BCUT2D eigenvalue weighted by Crippen LogP contribution is 1.94.